The van der Waals surface area contributed by atoms with Gasteiger partial charge in [-0.05, 0) is 44.7 Å². The van der Waals surface area contributed by atoms with E-state index in [2.05, 4.69) is 21.4 Å². The van der Waals surface area contributed by atoms with E-state index in [4.69, 9.17) is 9.47 Å². The SMILES string of the molecule is Cc1ccc(-c2nnn(C)c2COC2CCCCO2)nc1C. The molecule has 2 aromatic heterocycles. The second kappa shape index (κ2) is 6.54. The Morgan fingerprint density at radius 2 is 2.18 bits per heavy atom. The molecule has 0 N–H and O–H groups in total. The van der Waals surface area contributed by atoms with Crippen LogP contribution in [0.2, 0.25) is 0 Å². The van der Waals surface area contributed by atoms with Gasteiger partial charge in [-0.3, -0.25) is 4.98 Å². The van der Waals surface area contributed by atoms with Gasteiger partial charge in [-0.1, -0.05) is 11.3 Å². The molecular weight excluding hydrogens is 280 g/mol. The highest BCUT2D eigenvalue weighted by Gasteiger charge is 2.19. The highest BCUT2D eigenvalue weighted by Crippen LogP contribution is 2.22. The molecule has 3 rings (SSSR count). The lowest BCUT2D eigenvalue weighted by atomic mass is 10.1. The first-order valence-electron chi connectivity index (χ1n) is 7.71. The number of hydrogen-bond donors (Lipinski definition) is 0. The van der Waals surface area contributed by atoms with Crippen LogP contribution < -0.4 is 0 Å². The minimum absolute atomic E-state index is 0.121. The molecule has 0 aliphatic carbocycles. The van der Waals surface area contributed by atoms with E-state index in [9.17, 15) is 0 Å². The average molecular weight is 302 g/mol. The van der Waals surface area contributed by atoms with Gasteiger partial charge in [0, 0.05) is 19.3 Å². The van der Waals surface area contributed by atoms with Crippen molar-refractivity contribution in [3.63, 3.8) is 0 Å². The molecule has 6 nitrogen and oxygen atoms in total. The van der Waals surface area contributed by atoms with E-state index in [0.717, 1.165) is 48.6 Å². The van der Waals surface area contributed by atoms with Gasteiger partial charge in [0.1, 0.15) is 5.69 Å². The third-order valence-corrected chi connectivity index (χ3v) is 4.08. The minimum atomic E-state index is -0.121. The molecule has 1 saturated heterocycles. The van der Waals surface area contributed by atoms with Gasteiger partial charge < -0.3 is 9.47 Å². The first-order chi connectivity index (χ1) is 10.6. The quantitative estimate of drug-likeness (QED) is 0.868. The van der Waals surface area contributed by atoms with Crippen molar-refractivity contribution in [2.75, 3.05) is 6.61 Å². The molecule has 0 radical (unpaired) electrons. The van der Waals surface area contributed by atoms with Crippen molar-refractivity contribution in [3.05, 3.63) is 29.1 Å². The summed E-state index contributed by atoms with van der Waals surface area (Å²) in [5.74, 6) is 0. The Hall–Kier alpha value is -1.79. The lowest BCUT2D eigenvalue weighted by Crippen LogP contribution is -2.22. The number of aryl methyl sites for hydroxylation is 3. The van der Waals surface area contributed by atoms with Crippen molar-refractivity contribution in [2.24, 2.45) is 7.05 Å². The topological polar surface area (TPSA) is 62.1 Å². The van der Waals surface area contributed by atoms with Crippen LogP contribution in [0.15, 0.2) is 12.1 Å². The predicted molar refractivity (Wildman–Crippen MR) is 82.1 cm³/mol. The van der Waals surface area contributed by atoms with Gasteiger partial charge in [0.15, 0.2) is 6.29 Å². The molecule has 1 fully saturated rings. The number of aromatic nitrogens is 4. The fourth-order valence-corrected chi connectivity index (χ4v) is 2.51. The Kier molecular flexibility index (Phi) is 4.49. The Morgan fingerprint density at radius 3 is 2.91 bits per heavy atom. The van der Waals surface area contributed by atoms with Crippen LogP contribution in [0, 0.1) is 13.8 Å². The average Bonchev–Trinajstić information content (AvgIpc) is 2.90. The fraction of sp³-hybridized carbons (Fsp3) is 0.562. The summed E-state index contributed by atoms with van der Waals surface area (Å²) in [6, 6.07) is 4.04. The first kappa shape index (κ1) is 15.1. The molecule has 2 aromatic rings. The summed E-state index contributed by atoms with van der Waals surface area (Å²) in [5, 5.41) is 8.36. The van der Waals surface area contributed by atoms with Crippen LogP contribution in [0.1, 0.15) is 36.2 Å². The van der Waals surface area contributed by atoms with Crippen molar-refractivity contribution in [1.29, 1.82) is 0 Å². The van der Waals surface area contributed by atoms with Gasteiger partial charge in [-0.2, -0.15) is 0 Å². The normalized spacial score (nSPS) is 18.6. The standard InChI is InChI=1S/C16H22N4O2/c1-11-7-8-13(17-12(11)2)16-14(20(3)19-18-16)10-22-15-6-4-5-9-21-15/h7-8,15H,4-6,9-10H2,1-3H3. The minimum Gasteiger partial charge on any atom is -0.353 e. The summed E-state index contributed by atoms with van der Waals surface area (Å²) in [6.07, 6.45) is 3.09. The molecule has 118 valence electrons. The van der Waals surface area contributed by atoms with E-state index >= 15 is 0 Å². The summed E-state index contributed by atoms with van der Waals surface area (Å²) >= 11 is 0. The lowest BCUT2D eigenvalue weighted by molar-refractivity contribution is -0.169. The third-order valence-electron chi connectivity index (χ3n) is 4.08. The third kappa shape index (κ3) is 3.18. The van der Waals surface area contributed by atoms with E-state index in [0.29, 0.717) is 6.61 Å². The van der Waals surface area contributed by atoms with Crippen LogP contribution in [0.25, 0.3) is 11.4 Å². The zero-order valence-electron chi connectivity index (χ0n) is 13.4. The maximum absolute atomic E-state index is 5.87. The van der Waals surface area contributed by atoms with E-state index in [1.807, 2.05) is 27.0 Å². The molecule has 22 heavy (non-hydrogen) atoms. The Morgan fingerprint density at radius 1 is 1.32 bits per heavy atom. The monoisotopic (exact) mass is 302 g/mol. The van der Waals surface area contributed by atoms with Crippen molar-refractivity contribution in [1.82, 2.24) is 20.0 Å². The summed E-state index contributed by atoms with van der Waals surface area (Å²) in [5.41, 5.74) is 4.71. The molecule has 1 aliphatic heterocycles. The van der Waals surface area contributed by atoms with Crippen LogP contribution in [0.4, 0.5) is 0 Å². The van der Waals surface area contributed by atoms with E-state index in [1.54, 1.807) is 4.68 Å². The molecule has 1 unspecified atom stereocenters. The van der Waals surface area contributed by atoms with Gasteiger partial charge in [-0.25, -0.2) is 4.68 Å². The van der Waals surface area contributed by atoms with Gasteiger partial charge in [0.05, 0.1) is 18.0 Å². The molecule has 6 heteroatoms. The van der Waals surface area contributed by atoms with Crippen molar-refractivity contribution in [3.8, 4) is 11.4 Å². The number of rotatable bonds is 4. The van der Waals surface area contributed by atoms with Gasteiger partial charge in [0.2, 0.25) is 0 Å². The van der Waals surface area contributed by atoms with Gasteiger partial charge in [0.25, 0.3) is 0 Å². The lowest BCUT2D eigenvalue weighted by Gasteiger charge is -2.22. The van der Waals surface area contributed by atoms with Crippen molar-refractivity contribution >= 4 is 0 Å². The summed E-state index contributed by atoms with van der Waals surface area (Å²) in [4.78, 5) is 4.61. The largest absolute Gasteiger partial charge is 0.353 e. The zero-order valence-corrected chi connectivity index (χ0v) is 13.4. The van der Waals surface area contributed by atoms with E-state index in [1.165, 1.54) is 5.56 Å². The molecule has 0 saturated carbocycles. The second-order valence-corrected chi connectivity index (χ2v) is 5.71. The summed E-state index contributed by atoms with van der Waals surface area (Å²) < 4.78 is 13.2. The maximum atomic E-state index is 5.87. The molecule has 1 aliphatic rings. The van der Waals surface area contributed by atoms with Crippen molar-refractivity contribution < 1.29 is 9.47 Å². The smallest absolute Gasteiger partial charge is 0.158 e. The Labute approximate surface area is 130 Å². The van der Waals surface area contributed by atoms with Crippen LogP contribution >= 0.6 is 0 Å². The number of nitrogens with zero attached hydrogens (tertiary/aromatic N) is 4. The zero-order chi connectivity index (χ0) is 15.5. The molecule has 0 spiro atoms. The molecule has 1 atom stereocenters. The van der Waals surface area contributed by atoms with Gasteiger partial charge >= 0.3 is 0 Å². The molecular formula is C16H22N4O2. The predicted octanol–water partition coefficient (Wildman–Crippen LogP) is 2.54. The molecule has 0 amide bonds. The van der Waals surface area contributed by atoms with Crippen LogP contribution in [0.3, 0.4) is 0 Å². The van der Waals surface area contributed by atoms with Gasteiger partial charge in [-0.15, -0.1) is 5.10 Å². The first-order valence-corrected chi connectivity index (χ1v) is 7.71. The highest BCUT2D eigenvalue weighted by atomic mass is 16.7. The second-order valence-electron chi connectivity index (χ2n) is 5.71. The molecule has 0 aromatic carbocycles. The van der Waals surface area contributed by atoms with E-state index < -0.39 is 0 Å². The van der Waals surface area contributed by atoms with Crippen molar-refractivity contribution in [2.45, 2.75) is 46.0 Å². The Bertz CT molecular complexity index is 648. The number of pyridine rings is 1. The fourth-order valence-electron chi connectivity index (χ4n) is 2.51. The Balaban J connectivity index is 1.79. The number of hydrogen-bond acceptors (Lipinski definition) is 5. The van der Waals surface area contributed by atoms with Crippen LogP contribution in [-0.4, -0.2) is 32.9 Å². The number of ether oxygens (including phenoxy) is 2. The highest BCUT2D eigenvalue weighted by molar-refractivity contribution is 5.57. The summed E-state index contributed by atoms with van der Waals surface area (Å²) in [6.45, 7) is 5.26. The van der Waals surface area contributed by atoms with Crippen LogP contribution in [-0.2, 0) is 23.1 Å². The molecule has 0 bridgehead atoms. The van der Waals surface area contributed by atoms with E-state index in [-0.39, 0.29) is 6.29 Å². The maximum Gasteiger partial charge on any atom is 0.158 e. The van der Waals surface area contributed by atoms with Crippen LogP contribution in [0.5, 0.6) is 0 Å². The summed E-state index contributed by atoms with van der Waals surface area (Å²) in [7, 11) is 1.87. The molecule has 3 heterocycles.